The van der Waals surface area contributed by atoms with E-state index in [9.17, 15) is 23.1 Å². The van der Waals surface area contributed by atoms with E-state index < -0.39 is 23.2 Å². The van der Waals surface area contributed by atoms with Crippen molar-refractivity contribution in [2.24, 2.45) is 0 Å². The molecule has 0 aliphatic rings. The van der Waals surface area contributed by atoms with Gasteiger partial charge in [0.05, 0.1) is 23.8 Å². The molecule has 0 saturated carbocycles. The summed E-state index contributed by atoms with van der Waals surface area (Å²) >= 11 is 0. The summed E-state index contributed by atoms with van der Waals surface area (Å²) in [4.78, 5) is 15.0. The number of hydrogen-bond donors (Lipinski definition) is 1. The molecule has 0 radical (unpaired) electrons. The van der Waals surface area contributed by atoms with Crippen LogP contribution in [0.1, 0.15) is 15.9 Å². The summed E-state index contributed by atoms with van der Waals surface area (Å²) < 4.78 is 43.2. The van der Waals surface area contributed by atoms with Crippen molar-refractivity contribution in [3.63, 3.8) is 0 Å². The molecule has 0 bridgehead atoms. The lowest BCUT2D eigenvalue weighted by Gasteiger charge is -2.12. The third-order valence-electron chi connectivity index (χ3n) is 2.55. The molecule has 4 nitrogen and oxygen atoms in total. The first-order chi connectivity index (χ1) is 8.84. The Morgan fingerprint density at radius 3 is 2.63 bits per heavy atom. The second-order valence-corrected chi connectivity index (χ2v) is 3.74. The highest BCUT2D eigenvalue weighted by Gasteiger charge is 2.34. The quantitative estimate of drug-likeness (QED) is 0.810. The fourth-order valence-corrected chi connectivity index (χ4v) is 1.69. The number of alkyl halides is 3. The average molecular weight is 271 g/mol. The fourth-order valence-electron chi connectivity index (χ4n) is 1.69. The van der Waals surface area contributed by atoms with Gasteiger partial charge < -0.3 is 9.84 Å². The van der Waals surface area contributed by atoms with Gasteiger partial charge in [-0.3, -0.25) is 4.98 Å². The van der Waals surface area contributed by atoms with Crippen LogP contribution in [-0.2, 0) is 10.9 Å². The Bertz CT molecular complexity index is 652. The molecule has 0 aliphatic heterocycles. The van der Waals surface area contributed by atoms with E-state index in [0.29, 0.717) is 6.07 Å². The van der Waals surface area contributed by atoms with Gasteiger partial charge in [0, 0.05) is 11.6 Å². The lowest BCUT2D eigenvalue weighted by molar-refractivity contribution is -0.136. The number of methoxy groups -OCH3 is 1. The van der Waals surface area contributed by atoms with Crippen molar-refractivity contribution in [3.05, 3.63) is 35.5 Å². The van der Waals surface area contributed by atoms with Crippen LogP contribution in [0.25, 0.3) is 10.9 Å². The van der Waals surface area contributed by atoms with Gasteiger partial charge in [0.1, 0.15) is 5.75 Å². The predicted molar refractivity (Wildman–Crippen MR) is 59.7 cm³/mol. The molecule has 0 unspecified atom stereocenters. The van der Waals surface area contributed by atoms with E-state index in [4.69, 9.17) is 0 Å². The highest BCUT2D eigenvalue weighted by atomic mass is 19.4. The maximum Gasteiger partial charge on any atom is 0.418 e. The number of esters is 1. The first-order valence-corrected chi connectivity index (χ1v) is 5.12. The fraction of sp³-hybridized carbons (Fsp3) is 0.167. The number of hydrogen-bond acceptors (Lipinski definition) is 4. The Morgan fingerprint density at radius 1 is 1.37 bits per heavy atom. The minimum Gasteiger partial charge on any atom is -0.507 e. The zero-order valence-corrected chi connectivity index (χ0v) is 9.65. The van der Waals surface area contributed by atoms with Crippen LogP contribution in [0, 0.1) is 0 Å². The Hall–Kier alpha value is -2.31. The van der Waals surface area contributed by atoms with Crippen LogP contribution in [0.3, 0.4) is 0 Å². The van der Waals surface area contributed by atoms with Gasteiger partial charge in [0.25, 0.3) is 0 Å². The number of carbonyl (C=O) groups excluding carboxylic acids is 1. The van der Waals surface area contributed by atoms with Gasteiger partial charge in [-0.05, 0) is 18.2 Å². The Morgan fingerprint density at radius 2 is 2.05 bits per heavy atom. The molecule has 0 aliphatic carbocycles. The van der Waals surface area contributed by atoms with Crippen molar-refractivity contribution < 1.29 is 27.8 Å². The van der Waals surface area contributed by atoms with Crippen LogP contribution in [0.2, 0.25) is 0 Å². The van der Waals surface area contributed by atoms with Crippen LogP contribution in [0.5, 0.6) is 5.75 Å². The lowest BCUT2D eigenvalue weighted by atomic mass is 10.0. The zero-order chi connectivity index (χ0) is 14.2. The Kier molecular flexibility index (Phi) is 3.05. The van der Waals surface area contributed by atoms with E-state index in [-0.39, 0.29) is 16.7 Å². The first-order valence-electron chi connectivity index (χ1n) is 5.12. The number of ether oxygens (including phenoxy) is 1. The number of aromatic nitrogens is 1. The largest absolute Gasteiger partial charge is 0.507 e. The maximum atomic E-state index is 12.9. The molecule has 1 aromatic heterocycles. The van der Waals surface area contributed by atoms with Crippen molar-refractivity contribution in [2.75, 3.05) is 7.11 Å². The van der Waals surface area contributed by atoms with E-state index >= 15 is 0 Å². The molecule has 0 saturated heterocycles. The summed E-state index contributed by atoms with van der Waals surface area (Å²) in [5, 5.41) is 9.43. The monoisotopic (exact) mass is 271 g/mol. The highest BCUT2D eigenvalue weighted by Crippen LogP contribution is 2.37. The second kappa shape index (κ2) is 4.42. The third kappa shape index (κ3) is 2.31. The summed E-state index contributed by atoms with van der Waals surface area (Å²) in [6.45, 7) is 0. The van der Waals surface area contributed by atoms with Crippen LogP contribution >= 0.6 is 0 Å². The molecule has 100 valence electrons. The molecule has 0 fully saturated rings. The average Bonchev–Trinajstić information content (AvgIpc) is 2.36. The van der Waals surface area contributed by atoms with Crippen LogP contribution in [-0.4, -0.2) is 23.2 Å². The van der Waals surface area contributed by atoms with Gasteiger partial charge in [-0.25, -0.2) is 4.79 Å². The standard InChI is InChI=1S/C12H8F3NO3/c1-19-11(18)6-4-7-9(17)2-3-16-10(7)8(5-6)12(13,14)15/h2-5H,1H3,(H,16,17). The van der Waals surface area contributed by atoms with Gasteiger partial charge >= 0.3 is 12.1 Å². The summed E-state index contributed by atoms with van der Waals surface area (Å²) in [7, 11) is 1.06. The minimum absolute atomic E-state index is 0.155. The SMILES string of the molecule is COC(=O)c1cc(C(F)(F)F)c2nccc(O)c2c1. The molecule has 1 aromatic carbocycles. The minimum atomic E-state index is -4.69. The number of carbonyl (C=O) groups is 1. The summed E-state index contributed by atoms with van der Waals surface area (Å²) in [5.41, 5.74) is -1.81. The molecule has 0 amide bonds. The maximum absolute atomic E-state index is 12.9. The van der Waals surface area contributed by atoms with Gasteiger partial charge in [0.2, 0.25) is 0 Å². The van der Waals surface area contributed by atoms with E-state index in [2.05, 4.69) is 9.72 Å². The number of rotatable bonds is 1. The second-order valence-electron chi connectivity index (χ2n) is 3.74. The highest BCUT2D eigenvalue weighted by molar-refractivity contribution is 5.97. The van der Waals surface area contributed by atoms with Crippen molar-refractivity contribution in [2.45, 2.75) is 6.18 Å². The number of pyridine rings is 1. The summed E-state index contributed by atoms with van der Waals surface area (Å²) in [6, 6.07) is 2.91. The number of fused-ring (bicyclic) bond motifs is 1. The van der Waals surface area contributed by atoms with Crippen molar-refractivity contribution >= 4 is 16.9 Å². The smallest absolute Gasteiger partial charge is 0.418 e. The molecular formula is C12H8F3NO3. The number of aromatic hydroxyl groups is 1. The van der Waals surface area contributed by atoms with Gasteiger partial charge in [-0.2, -0.15) is 13.2 Å². The Labute approximate surface area is 105 Å². The van der Waals surface area contributed by atoms with E-state index in [1.165, 1.54) is 0 Å². The number of nitrogens with zero attached hydrogens (tertiary/aromatic N) is 1. The summed E-state index contributed by atoms with van der Waals surface area (Å²) in [6.07, 6.45) is -3.63. The van der Waals surface area contributed by atoms with E-state index in [1.54, 1.807) is 0 Å². The number of benzene rings is 1. The van der Waals surface area contributed by atoms with Crippen molar-refractivity contribution in [1.82, 2.24) is 4.98 Å². The van der Waals surface area contributed by atoms with Crippen LogP contribution in [0.4, 0.5) is 13.2 Å². The van der Waals surface area contributed by atoms with Gasteiger partial charge in [0.15, 0.2) is 0 Å². The molecular weight excluding hydrogens is 263 g/mol. The third-order valence-corrected chi connectivity index (χ3v) is 2.55. The van der Waals surface area contributed by atoms with Crippen LogP contribution in [0.15, 0.2) is 24.4 Å². The summed E-state index contributed by atoms with van der Waals surface area (Å²) in [5.74, 6) is -1.31. The molecule has 1 heterocycles. The van der Waals surface area contributed by atoms with Crippen LogP contribution < -0.4 is 0 Å². The van der Waals surface area contributed by atoms with Crippen molar-refractivity contribution in [3.8, 4) is 5.75 Å². The molecule has 7 heteroatoms. The topological polar surface area (TPSA) is 59.4 Å². The van der Waals surface area contributed by atoms with E-state index in [0.717, 1.165) is 25.4 Å². The normalized spacial score (nSPS) is 11.6. The lowest BCUT2D eigenvalue weighted by Crippen LogP contribution is -2.10. The Balaban J connectivity index is 2.85. The van der Waals surface area contributed by atoms with Crippen molar-refractivity contribution in [1.29, 1.82) is 0 Å². The molecule has 2 aromatic rings. The molecule has 19 heavy (non-hydrogen) atoms. The van der Waals surface area contributed by atoms with E-state index in [1.807, 2.05) is 0 Å². The molecule has 0 atom stereocenters. The zero-order valence-electron chi connectivity index (χ0n) is 9.65. The predicted octanol–water partition coefficient (Wildman–Crippen LogP) is 2.75. The van der Waals surface area contributed by atoms with Gasteiger partial charge in [-0.15, -0.1) is 0 Å². The molecule has 0 spiro atoms. The first kappa shape index (κ1) is 13.1. The molecule has 2 rings (SSSR count). The molecule has 1 N–H and O–H groups in total. The number of halogens is 3. The van der Waals surface area contributed by atoms with Gasteiger partial charge in [-0.1, -0.05) is 0 Å².